The van der Waals surface area contributed by atoms with Gasteiger partial charge in [0.2, 0.25) is 0 Å². The van der Waals surface area contributed by atoms with E-state index in [0.29, 0.717) is 4.90 Å². The molecule has 0 radical (unpaired) electrons. The SMILES string of the molecule is CC(CN1CCCC1)NC(=O)c1cc(S)ccc1F. The van der Waals surface area contributed by atoms with Crippen LogP contribution < -0.4 is 5.32 Å². The van der Waals surface area contributed by atoms with E-state index in [1.165, 1.54) is 31.0 Å². The first-order chi connectivity index (χ1) is 9.06. The van der Waals surface area contributed by atoms with Crippen LogP contribution in [0, 0.1) is 5.82 Å². The van der Waals surface area contributed by atoms with Gasteiger partial charge in [0.25, 0.3) is 5.91 Å². The number of hydrogen-bond donors (Lipinski definition) is 2. The average molecular weight is 282 g/mol. The summed E-state index contributed by atoms with van der Waals surface area (Å²) >= 11 is 4.13. The van der Waals surface area contributed by atoms with Crippen molar-refractivity contribution in [2.45, 2.75) is 30.7 Å². The first-order valence-corrected chi connectivity index (χ1v) is 7.02. The number of amides is 1. The number of benzene rings is 1. The fraction of sp³-hybridized carbons (Fsp3) is 0.500. The molecule has 1 unspecified atom stereocenters. The molecule has 1 aromatic rings. The van der Waals surface area contributed by atoms with Crippen molar-refractivity contribution in [3.63, 3.8) is 0 Å². The van der Waals surface area contributed by atoms with Crippen molar-refractivity contribution in [1.29, 1.82) is 0 Å². The first kappa shape index (κ1) is 14.3. The Morgan fingerprint density at radius 2 is 2.16 bits per heavy atom. The van der Waals surface area contributed by atoms with E-state index in [4.69, 9.17) is 0 Å². The minimum absolute atomic E-state index is 0.00794. The molecule has 3 nitrogen and oxygen atoms in total. The van der Waals surface area contributed by atoms with Crippen molar-refractivity contribution in [1.82, 2.24) is 10.2 Å². The van der Waals surface area contributed by atoms with Crippen LogP contribution in [0.5, 0.6) is 0 Å². The van der Waals surface area contributed by atoms with Crippen molar-refractivity contribution in [2.75, 3.05) is 19.6 Å². The van der Waals surface area contributed by atoms with Crippen LogP contribution in [0.3, 0.4) is 0 Å². The molecule has 0 spiro atoms. The lowest BCUT2D eigenvalue weighted by atomic mass is 10.2. The van der Waals surface area contributed by atoms with E-state index >= 15 is 0 Å². The monoisotopic (exact) mass is 282 g/mol. The molecule has 104 valence electrons. The van der Waals surface area contributed by atoms with Crippen LogP contribution in [0.25, 0.3) is 0 Å². The molecule has 1 atom stereocenters. The Bertz CT molecular complexity index is 461. The van der Waals surface area contributed by atoms with Crippen LogP contribution in [0.1, 0.15) is 30.1 Å². The number of hydrogen-bond acceptors (Lipinski definition) is 3. The third kappa shape index (κ3) is 3.94. The maximum absolute atomic E-state index is 13.6. The fourth-order valence-corrected chi connectivity index (χ4v) is 2.59. The van der Waals surface area contributed by atoms with Gasteiger partial charge in [0.05, 0.1) is 5.56 Å². The topological polar surface area (TPSA) is 32.3 Å². The van der Waals surface area contributed by atoms with Gasteiger partial charge in [0, 0.05) is 17.5 Å². The Morgan fingerprint density at radius 3 is 2.84 bits per heavy atom. The highest BCUT2D eigenvalue weighted by molar-refractivity contribution is 7.80. The van der Waals surface area contributed by atoms with Crippen molar-refractivity contribution >= 4 is 18.5 Å². The number of thiol groups is 1. The van der Waals surface area contributed by atoms with E-state index in [1.807, 2.05) is 6.92 Å². The highest BCUT2D eigenvalue weighted by Gasteiger charge is 2.18. The maximum atomic E-state index is 13.6. The summed E-state index contributed by atoms with van der Waals surface area (Å²) in [6.07, 6.45) is 2.44. The quantitative estimate of drug-likeness (QED) is 0.831. The summed E-state index contributed by atoms with van der Waals surface area (Å²) in [4.78, 5) is 14.9. The fourth-order valence-electron chi connectivity index (χ4n) is 2.39. The molecule has 1 amide bonds. The van der Waals surface area contributed by atoms with E-state index in [2.05, 4.69) is 22.8 Å². The smallest absolute Gasteiger partial charge is 0.254 e. The molecule has 2 rings (SSSR count). The molecule has 0 aromatic heterocycles. The van der Waals surface area contributed by atoms with E-state index in [0.717, 1.165) is 19.6 Å². The molecule has 5 heteroatoms. The second kappa shape index (κ2) is 6.39. The molecule has 1 aliphatic heterocycles. The van der Waals surface area contributed by atoms with Crippen molar-refractivity contribution in [3.05, 3.63) is 29.6 Å². The molecule has 0 saturated carbocycles. The largest absolute Gasteiger partial charge is 0.348 e. The molecular formula is C14H19FN2OS. The molecule has 19 heavy (non-hydrogen) atoms. The zero-order chi connectivity index (χ0) is 13.8. The summed E-state index contributed by atoms with van der Waals surface area (Å²) in [5.74, 6) is -0.885. The number of halogens is 1. The number of nitrogens with zero attached hydrogens (tertiary/aromatic N) is 1. The Kier molecular flexibility index (Phi) is 4.82. The second-order valence-electron chi connectivity index (χ2n) is 5.05. The summed E-state index contributed by atoms with van der Waals surface area (Å²) < 4.78 is 13.6. The molecule has 1 aliphatic rings. The molecule has 0 aliphatic carbocycles. The molecule has 0 bridgehead atoms. The third-order valence-electron chi connectivity index (χ3n) is 3.30. The normalized spacial score (nSPS) is 17.4. The van der Waals surface area contributed by atoms with Gasteiger partial charge in [-0.05, 0) is 51.1 Å². The number of carbonyl (C=O) groups excluding carboxylic acids is 1. The molecule has 1 heterocycles. The van der Waals surface area contributed by atoms with Crippen LogP contribution in [-0.4, -0.2) is 36.5 Å². The minimum atomic E-state index is -0.510. The lowest BCUT2D eigenvalue weighted by Gasteiger charge is -2.21. The van der Waals surface area contributed by atoms with E-state index in [-0.39, 0.29) is 17.5 Å². The Labute approximate surface area is 118 Å². The van der Waals surface area contributed by atoms with Gasteiger partial charge in [-0.15, -0.1) is 12.6 Å². The first-order valence-electron chi connectivity index (χ1n) is 6.58. The predicted molar refractivity (Wildman–Crippen MR) is 76.3 cm³/mol. The highest BCUT2D eigenvalue weighted by atomic mass is 32.1. The van der Waals surface area contributed by atoms with Gasteiger partial charge < -0.3 is 10.2 Å². The Morgan fingerprint density at radius 1 is 1.47 bits per heavy atom. The Hall–Kier alpha value is -1.07. The second-order valence-corrected chi connectivity index (χ2v) is 5.56. The lowest BCUT2D eigenvalue weighted by Crippen LogP contribution is -2.41. The van der Waals surface area contributed by atoms with Gasteiger partial charge >= 0.3 is 0 Å². The van der Waals surface area contributed by atoms with Crippen molar-refractivity contribution in [2.24, 2.45) is 0 Å². The van der Waals surface area contributed by atoms with E-state index in [9.17, 15) is 9.18 Å². The van der Waals surface area contributed by atoms with Crippen LogP contribution in [-0.2, 0) is 0 Å². The standard InChI is InChI=1S/C14H19FN2OS/c1-10(9-17-6-2-3-7-17)16-14(18)12-8-11(19)4-5-13(12)15/h4-5,8,10,19H,2-3,6-7,9H2,1H3,(H,16,18). The lowest BCUT2D eigenvalue weighted by molar-refractivity contribution is 0.0927. The molecule has 1 fully saturated rings. The van der Waals surface area contributed by atoms with E-state index in [1.54, 1.807) is 0 Å². The number of rotatable bonds is 4. The number of nitrogens with one attached hydrogen (secondary N) is 1. The van der Waals surface area contributed by atoms with Crippen LogP contribution in [0.4, 0.5) is 4.39 Å². The van der Waals surface area contributed by atoms with Gasteiger partial charge in [-0.3, -0.25) is 4.79 Å². The van der Waals surface area contributed by atoms with Gasteiger partial charge in [0.15, 0.2) is 0 Å². The highest BCUT2D eigenvalue weighted by Crippen LogP contribution is 2.14. The number of likely N-dealkylation sites (tertiary alicyclic amines) is 1. The summed E-state index contributed by atoms with van der Waals surface area (Å²) in [6.45, 7) is 4.92. The molecular weight excluding hydrogens is 263 g/mol. The van der Waals surface area contributed by atoms with Crippen LogP contribution >= 0.6 is 12.6 Å². The summed E-state index contributed by atoms with van der Waals surface area (Å²) in [5, 5.41) is 2.84. The van der Waals surface area contributed by atoms with Gasteiger partial charge in [0.1, 0.15) is 5.82 Å². The number of carbonyl (C=O) groups is 1. The van der Waals surface area contributed by atoms with Crippen LogP contribution in [0.15, 0.2) is 23.1 Å². The minimum Gasteiger partial charge on any atom is -0.348 e. The Balaban J connectivity index is 1.94. The molecule has 1 saturated heterocycles. The zero-order valence-corrected chi connectivity index (χ0v) is 11.9. The van der Waals surface area contributed by atoms with Gasteiger partial charge in [-0.2, -0.15) is 0 Å². The summed E-state index contributed by atoms with van der Waals surface area (Å²) in [6, 6.07) is 4.26. The zero-order valence-electron chi connectivity index (χ0n) is 11.0. The van der Waals surface area contributed by atoms with E-state index < -0.39 is 5.82 Å². The summed E-state index contributed by atoms with van der Waals surface area (Å²) in [5.41, 5.74) is 0.0563. The van der Waals surface area contributed by atoms with Gasteiger partial charge in [-0.1, -0.05) is 0 Å². The van der Waals surface area contributed by atoms with Crippen molar-refractivity contribution in [3.8, 4) is 0 Å². The predicted octanol–water partition coefficient (Wildman–Crippen LogP) is 2.33. The van der Waals surface area contributed by atoms with Gasteiger partial charge in [-0.25, -0.2) is 4.39 Å². The third-order valence-corrected chi connectivity index (χ3v) is 3.58. The van der Waals surface area contributed by atoms with Crippen molar-refractivity contribution < 1.29 is 9.18 Å². The summed E-state index contributed by atoms with van der Waals surface area (Å²) in [7, 11) is 0. The molecule has 1 N–H and O–H groups in total. The van der Waals surface area contributed by atoms with Crippen LogP contribution in [0.2, 0.25) is 0 Å². The maximum Gasteiger partial charge on any atom is 0.254 e. The molecule has 1 aromatic carbocycles. The average Bonchev–Trinajstić information content (AvgIpc) is 2.84.